The number of urea groups is 1. The number of aryl methyl sites for hydroxylation is 1. The number of nitrogens with zero attached hydrogens (tertiary/aromatic N) is 4. The molecule has 0 aliphatic carbocycles. The number of amides is 4. The minimum Gasteiger partial charge on any atom is -0.497 e. The van der Waals surface area contributed by atoms with Gasteiger partial charge in [0, 0.05) is 31.0 Å². The number of anilines is 1. The van der Waals surface area contributed by atoms with Crippen molar-refractivity contribution in [3.8, 4) is 11.4 Å². The number of aromatic nitrogens is 2. The molecule has 51 heavy (non-hydrogen) atoms. The highest BCUT2D eigenvalue weighted by molar-refractivity contribution is 6.00. The van der Waals surface area contributed by atoms with Gasteiger partial charge in [-0.3, -0.25) is 9.59 Å². The summed E-state index contributed by atoms with van der Waals surface area (Å²) in [6.45, 7) is 9.36. The Morgan fingerprint density at radius 2 is 1.71 bits per heavy atom. The summed E-state index contributed by atoms with van der Waals surface area (Å²) in [6, 6.07) is 21.0. The third-order valence-corrected chi connectivity index (χ3v) is 9.44. The Morgan fingerprint density at radius 3 is 2.39 bits per heavy atom. The molecule has 0 spiro atoms. The van der Waals surface area contributed by atoms with Gasteiger partial charge in [0.25, 0.3) is 11.8 Å². The number of rotatable bonds is 14. The Balaban J connectivity index is 1.49. The third-order valence-electron chi connectivity index (χ3n) is 9.44. The van der Waals surface area contributed by atoms with E-state index in [4.69, 9.17) is 9.84 Å². The zero-order valence-corrected chi connectivity index (χ0v) is 30.3. The zero-order chi connectivity index (χ0) is 36.5. The number of methoxy groups -OCH3 is 1. The molecule has 270 valence electrons. The second-order valence-electron chi connectivity index (χ2n) is 13.2. The Morgan fingerprint density at radius 1 is 0.980 bits per heavy atom. The minimum atomic E-state index is -0.445. The lowest BCUT2D eigenvalue weighted by Gasteiger charge is -2.36. The molecule has 2 heterocycles. The van der Waals surface area contributed by atoms with E-state index >= 15 is 0 Å². The van der Waals surface area contributed by atoms with E-state index in [1.165, 1.54) is 0 Å². The maximum atomic E-state index is 14.6. The molecule has 0 fully saturated rings. The van der Waals surface area contributed by atoms with Crippen molar-refractivity contribution in [2.45, 2.75) is 78.4 Å². The molecular weight excluding hydrogens is 644 g/mol. The first kappa shape index (κ1) is 37.1. The number of nitrogens with one attached hydrogen (secondary N) is 2. The Hall–Kier alpha value is -5.16. The summed E-state index contributed by atoms with van der Waals surface area (Å²) in [5, 5.41) is 21.0. The quantitative estimate of drug-likeness (QED) is 0.135. The van der Waals surface area contributed by atoms with Gasteiger partial charge in [0.05, 0.1) is 37.1 Å². The van der Waals surface area contributed by atoms with Crippen LogP contribution in [0.5, 0.6) is 5.75 Å². The fourth-order valence-electron chi connectivity index (χ4n) is 6.47. The molecule has 3 aromatic carbocycles. The molecule has 1 aliphatic rings. The standard InChI is InChI=1S/C40H50N6O5/c1-6-8-19-44(20-9-7-2)39(49)36-21-27(3)46(43-36)37-18-17-32(42-40(50)41-28(4)29-15-12-16-34(23-29)51-5)24-35(37)38(48)45-25-31-14-11-10-13-30(31)22-33(45)26-47/h10-18,21,23-24,28,33,47H,6-9,19-20,22,25-26H2,1-5H3,(H2,41,42,50)/t28-,33-/m0/s1. The predicted molar refractivity (Wildman–Crippen MR) is 198 cm³/mol. The summed E-state index contributed by atoms with van der Waals surface area (Å²) in [4.78, 5) is 45.1. The number of fused-ring (bicyclic) bond motifs is 1. The number of carbonyl (C=O) groups excluding carboxylic acids is 3. The van der Waals surface area contributed by atoms with Crippen molar-refractivity contribution in [1.29, 1.82) is 0 Å². The number of carbonyl (C=O) groups is 3. The lowest BCUT2D eigenvalue weighted by atomic mass is 9.93. The maximum absolute atomic E-state index is 14.6. The number of benzene rings is 3. The Bertz CT molecular complexity index is 1830. The van der Waals surface area contributed by atoms with Crippen LogP contribution in [0.2, 0.25) is 0 Å². The second kappa shape index (κ2) is 17.2. The van der Waals surface area contributed by atoms with E-state index in [0.29, 0.717) is 54.6 Å². The van der Waals surface area contributed by atoms with Crippen molar-refractivity contribution in [3.05, 3.63) is 106 Å². The van der Waals surface area contributed by atoms with Crippen LogP contribution in [0.25, 0.3) is 5.69 Å². The summed E-state index contributed by atoms with van der Waals surface area (Å²) in [7, 11) is 1.59. The van der Waals surface area contributed by atoms with Crippen molar-refractivity contribution in [3.63, 3.8) is 0 Å². The van der Waals surface area contributed by atoms with E-state index < -0.39 is 12.1 Å². The monoisotopic (exact) mass is 694 g/mol. The zero-order valence-electron chi connectivity index (χ0n) is 30.3. The molecule has 3 N–H and O–H groups in total. The van der Waals surface area contributed by atoms with Gasteiger partial charge < -0.3 is 30.3 Å². The van der Waals surface area contributed by atoms with Gasteiger partial charge in [-0.25, -0.2) is 9.48 Å². The summed E-state index contributed by atoms with van der Waals surface area (Å²) >= 11 is 0. The average molecular weight is 695 g/mol. The largest absolute Gasteiger partial charge is 0.497 e. The lowest BCUT2D eigenvalue weighted by molar-refractivity contribution is 0.0544. The molecule has 4 aromatic rings. The molecule has 0 saturated heterocycles. The van der Waals surface area contributed by atoms with Crippen LogP contribution >= 0.6 is 0 Å². The first-order valence-electron chi connectivity index (χ1n) is 17.9. The summed E-state index contributed by atoms with van der Waals surface area (Å²) in [5.74, 6) is 0.234. The SMILES string of the molecule is CCCCN(CCCC)C(=O)c1cc(C)n(-c2ccc(NC(=O)N[C@@H](C)c3cccc(OC)c3)cc2C(=O)N2Cc3ccccc3C[C@H]2CO)n1. The highest BCUT2D eigenvalue weighted by Crippen LogP contribution is 2.29. The number of aliphatic hydroxyl groups excluding tert-OH is 1. The van der Waals surface area contributed by atoms with Gasteiger partial charge in [-0.05, 0) is 86.2 Å². The fourth-order valence-corrected chi connectivity index (χ4v) is 6.47. The number of ether oxygens (including phenoxy) is 1. The number of hydrogen-bond donors (Lipinski definition) is 3. The van der Waals surface area contributed by atoms with Gasteiger partial charge in [0.1, 0.15) is 5.75 Å². The van der Waals surface area contributed by atoms with Crippen LogP contribution in [0.15, 0.2) is 72.8 Å². The van der Waals surface area contributed by atoms with Crippen molar-refractivity contribution in [2.75, 3.05) is 32.1 Å². The third kappa shape index (κ3) is 8.78. The van der Waals surface area contributed by atoms with Crippen LogP contribution in [0.4, 0.5) is 10.5 Å². The van der Waals surface area contributed by atoms with Crippen molar-refractivity contribution < 1.29 is 24.2 Å². The number of aliphatic hydroxyl groups is 1. The van der Waals surface area contributed by atoms with Gasteiger partial charge >= 0.3 is 6.03 Å². The topological polar surface area (TPSA) is 129 Å². The molecule has 1 aliphatic heterocycles. The molecule has 11 nitrogen and oxygen atoms in total. The second-order valence-corrected chi connectivity index (χ2v) is 13.2. The van der Waals surface area contributed by atoms with Crippen molar-refractivity contribution in [1.82, 2.24) is 24.9 Å². The molecule has 0 radical (unpaired) electrons. The van der Waals surface area contributed by atoms with Crippen LogP contribution in [0.3, 0.4) is 0 Å². The van der Waals surface area contributed by atoms with Crippen LogP contribution in [-0.4, -0.2) is 75.4 Å². The smallest absolute Gasteiger partial charge is 0.319 e. The Kier molecular flexibility index (Phi) is 12.5. The number of unbranched alkanes of at least 4 members (excludes halogenated alkanes) is 2. The van der Waals surface area contributed by atoms with Gasteiger partial charge in [-0.1, -0.05) is 63.1 Å². The maximum Gasteiger partial charge on any atom is 0.319 e. The van der Waals surface area contributed by atoms with Gasteiger partial charge in [0.15, 0.2) is 5.69 Å². The first-order valence-corrected chi connectivity index (χ1v) is 17.9. The summed E-state index contributed by atoms with van der Waals surface area (Å²) < 4.78 is 6.96. The molecule has 0 bridgehead atoms. The molecule has 0 saturated carbocycles. The van der Waals surface area contributed by atoms with Crippen LogP contribution in [0.1, 0.15) is 95.7 Å². The van der Waals surface area contributed by atoms with Crippen LogP contribution in [-0.2, 0) is 13.0 Å². The highest BCUT2D eigenvalue weighted by atomic mass is 16.5. The van der Waals surface area contributed by atoms with Crippen molar-refractivity contribution >= 4 is 23.5 Å². The van der Waals surface area contributed by atoms with Gasteiger partial charge in [0.2, 0.25) is 0 Å². The van der Waals surface area contributed by atoms with Crippen molar-refractivity contribution in [2.24, 2.45) is 0 Å². The molecule has 1 aromatic heterocycles. The average Bonchev–Trinajstić information content (AvgIpc) is 3.54. The minimum absolute atomic E-state index is 0.139. The lowest BCUT2D eigenvalue weighted by Crippen LogP contribution is -2.46. The van der Waals surface area contributed by atoms with E-state index in [9.17, 15) is 19.5 Å². The van der Waals surface area contributed by atoms with Gasteiger partial charge in [-0.2, -0.15) is 5.10 Å². The summed E-state index contributed by atoms with van der Waals surface area (Å²) in [5.41, 5.74) is 5.14. The molecule has 5 rings (SSSR count). The first-order chi connectivity index (χ1) is 24.7. The molecule has 0 unspecified atom stereocenters. The molecule has 2 atom stereocenters. The van der Waals surface area contributed by atoms with E-state index in [-0.39, 0.29) is 30.0 Å². The van der Waals surface area contributed by atoms with E-state index in [1.54, 1.807) is 41.0 Å². The van der Waals surface area contributed by atoms with E-state index in [1.807, 2.05) is 67.3 Å². The number of hydrogen-bond acceptors (Lipinski definition) is 6. The normalized spacial score (nSPS) is 14.4. The van der Waals surface area contributed by atoms with E-state index in [0.717, 1.165) is 42.4 Å². The van der Waals surface area contributed by atoms with Crippen LogP contribution < -0.4 is 15.4 Å². The van der Waals surface area contributed by atoms with Crippen LogP contribution in [0, 0.1) is 6.92 Å². The van der Waals surface area contributed by atoms with E-state index in [2.05, 4.69) is 24.5 Å². The molecule has 11 heteroatoms. The highest BCUT2D eigenvalue weighted by Gasteiger charge is 2.32. The van der Waals surface area contributed by atoms with Gasteiger partial charge in [-0.15, -0.1) is 0 Å². The molecular formula is C40H50N6O5. The summed E-state index contributed by atoms with van der Waals surface area (Å²) in [6.07, 6.45) is 4.27. The predicted octanol–water partition coefficient (Wildman–Crippen LogP) is 6.67. The molecule has 4 amide bonds. The fraction of sp³-hybridized carbons (Fsp3) is 0.400. The Labute approximate surface area is 300 Å².